The molecule has 0 spiro atoms. The second kappa shape index (κ2) is 8.97. The van der Waals surface area contributed by atoms with Crippen LogP contribution in [0, 0.1) is 0 Å². The molecule has 4 rings (SSSR count). The Morgan fingerprint density at radius 2 is 1.85 bits per heavy atom. The molecule has 1 amide bonds. The van der Waals surface area contributed by atoms with E-state index in [2.05, 4.69) is 15.7 Å². The largest absolute Gasteiger partial charge is 0.462 e. The molecule has 1 aliphatic heterocycles. The predicted molar refractivity (Wildman–Crippen MR) is 115 cm³/mol. The van der Waals surface area contributed by atoms with E-state index in [0.717, 1.165) is 4.68 Å². The number of amides is 1. The Kier molecular flexibility index (Phi) is 6.08. The Balaban J connectivity index is 1.63. The first kappa shape index (κ1) is 22.4. The highest BCUT2D eigenvalue weighted by Crippen LogP contribution is 2.43. The SMILES string of the molecule is CCOC(=O)c1ccccc1NC(=O)c1cc2n(n1)[C@@H](C(F)(F)F)C[C@H](c1ccccc1)N2. The number of carbonyl (C=O) groups is 2. The number of fused-ring (bicyclic) bond motifs is 1. The molecule has 2 heterocycles. The quantitative estimate of drug-likeness (QED) is 0.527. The molecule has 0 aliphatic carbocycles. The van der Waals surface area contributed by atoms with Crippen LogP contribution in [-0.4, -0.2) is 34.4 Å². The molecule has 3 aromatic rings. The van der Waals surface area contributed by atoms with Crippen molar-refractivity contribution in [3.05, 3.63) is 77.5 Å². The fraction of sp³-hybridized carbons (Fsp3) is 0.261. The highest BCUT2D eigenvalue weighted by atomic mass is 19.4. The fourth-order valence-corrected chi connectivity index (χ4v) is 3.75. The van der Waals surface area contributed by atoms with Gasteiger partial charge in [0.05, 0.1) is 23.9 Å². The van der Waals surface area contributed by atoms with E-state index in [9.17, 15) is 22.8 Å². The summed E-state index contributed by atoms with van der Waals surface area (Å²) in [6.07, 6.45) is -4.82. The van der Waals surface area contributed by atoms with E-state index in [-0.39, 0.29) is 35.8 Å². The highest BCUT2D eigenvalue weighted by Gasteiger charge is 2.46. The van der Waals surface area contributed by atoms with E-state index >= 15 is 0 Å². The number of para-hydroxylation sites is 1. The molecule has 1 aliphatic rings. The number of benzene rings is 2. The number of rotatable bonds is 5. The van der Waals surface area contributed by atoms with Crippen molar-refractivity contribution < 1.29 is 27.5 Å². The van der Waals surface area contributed by atoms with Crippen LogP contribution in [0.3, 0.4) is 0 Å². The topological polar surface area (TPSA) is 85.2 Å². The van der Waals surface area contributed by atoms with Gasteiger partial charge in [0.15, 0.2) is 11.7 Å². The molecule has 2 N–H and O–H groups in total. The summed E-state index contributed by atoms with van der Waals surface area (Å²) >= 11 is 0. The van der Waals surface area contributed by atoms with Crippen LogP contribution in [0.4, 0.5) is 24.7 Å². The summed E-state index contributed by atoms with van der Waals surface area (Å²) in [6.45, 7) is 1.81. The smallest absolute Gasteiger partial charge is 0.410 e. The molecule has 33 heavy (non-hydrogen) atoms. The summed E-state index contributed by atoms with van der Waals surface area (Å²) in [5, 5.41) is 9.53. The zero-order valence-corrected chi connectivity index (χ0v) is 17.6. The molecule has 7 nitrogen and oxygen atoms in total. The molecular weight excluding hydrogens is 437 g/mol. The second-order valence-electron chi connectivity index (χ2n) is 7.48. The van der Waals surface area contributed by atoms with Crippen molar-refractivity contribution in [1.29, 1.82) is 0 Å². The summed E-state index contributed by atoms with van der Waals surface area (Å²) in [7, 11) is 0. The number of hydrogen-bond donors (Lipinski definition) is 2. The lowest BCUT2D eigenvalue weighted by Gasteiger charge is -2.33. The first-order chi connectivity index (χ1) is 15.8. The molecule has 0 bridgehead atoms. The van der Waals surface area contributed by atoms with Gasteiger partial charge in [0, 0.05) is 12.5 Å². The lowest BCUT2D eigenvalue weighted by atomic mass is 9.97. The van der Waals surface area contributed by atoms with E-state index in [1.165, 1.54) is 18.2 Å². The number of esters is 1. The van der Waals surface area contributed by atoms with Gasteiger partial charge in [-0.3, -0.25) is 4.79 Å². The molecule has 0 radical (unpaired) electrons. The Morgan fingerprint density at radius 3 is 2.55 bits per heavy atom. The molecular formula is C23H21F3N4O3. The van der Waals surface area contributed by atoms with Gasteiger partial charge in [-0.1, -0.05) is 42.5 Å². The first-order valence-corrected chi connectivity index (χ1v) is 10.3. The van der Waals surface area contributed by atoms with Crippen LogP contribution >= 0.6 is 0 Å². The number of alkyl halides is 3. The number of nitrogens with zero attached hydrogens (tertiary/aromatic N) is 2. The molecule has 0 fully saturated rings. The van der Waals surface area contributed by atoms with Crippen molar-refractivity contribution in [1.82, 2.24) is 9.78 Å². The number of anilines is 2. The molecule has 10 heteroatoms. The minimum atomic E-state index is -4.56. The van der Waals surface area contributed by atoms with Gasteiger partial charge in [0.2, 0.25) is 0 Å². The van der Waals surface area contributed by atoms with Crippen LogP contribution in [0.1, 0.15) is 51.8 Å². The van der Waals surface area contributed by atoms with Gasteiger partial charge in [-0.05, 0) is 24.6 Å². The number of carbonyl (C=O) groups excluding carboxylic acids is 2. The summed E-state index contributed by atoms with van der Waals surface area (Å²) in [6, 6.07) is 13.8. The zero-order chi connectivity index (χ0) is 23.6. The summed E-state index contributed by atoms with van der Waals surface area (Å²) in [4.78, 5) is 25.0. The molecule has 0 saturated heterocycles. The average molecular weight is 458 g/mol. The van der Waals surface area contributed by atoms with E-state index in [1.807, 2.05) is 0 Å². The van der Waals surface area contributed by atoms with Crippen molar-refractivity contribution >= 4 is 23.4 Å². The van der Waals surface area contributed by atoms with Gasteiger partial charge in [-0.25, -0.2) is 9.48 Å². The van der Waals surface area contributed by atoms with Crippen molar-refractivity contribution in [3.8, 4) is 0 Å². The first-order valence-electron chi connectivity index (χ1n) is 10.3. The van der Waals surface area contributed by atoms with Crippen molar-refractivity contribution in [2.75, 3.05) is 17.2 Å². The number of nitrogens with one attached hydrogen (secondary N) is 2. The molecule has 0 unspecified atom stereocenters. The molecule has 0 saturated carbocycles. The molecule has 2 atom stereocenters. The van der Waals surface area contributed by atoms with Gasteiger partial charge >= 0.3 is 12.1 Å². The lowest BCUT2D eigenvalue weighted by Crippen LogP contribution is -2.35. The Morgan fingerprint density at radius 1 is 1.15 bits per heavy atom. The van der Waals surface area contributed by atoms with Gasteiger partial charge in [0.1, 0.15) is 5.82 Å². The molecule has 172 valence electrons. The van der Waals surface area contributed by atoms with Gasteiger partial charge in [0.25, 0.3) is 5.91 Å². The Hall–Kier alpha value is -3.82. The van der Waals surface area contributed by atoms with E-state index < -0.39 is 30.1 Å². The van der Waals surface area contributed by atoms with Crippen LogP contribution in [0.15, 0.2) is 60.7 Å². The zero-order valence-electron chi connectivity index (χ0n) is 17.6. The molecule has 2 aromatic carbocycles. The monoisotopic (exact) mass is 458 g/mol. The van der Waals surface area contributed by atoms with Gasteiger partial charge in [-0.15, -0.1) is 0 Å². The maximum Gasteiger partial charge on any atom is 0.410 e. The van der Waals surface area contributed by atoms with E-state index in [0.29, 0.717) is 5.56 Å². The van der Waals surface area contributed by atoms with Crippen LogP contribution in [0.2, 0.25) is 0 Å². The summed E-state index contributed by atoms with van der Waals surface area (Å²) in [5.74, 6) is -1.28. The van der Waals surface area contributed by atoms with Crippen molar-refractivity contribution in [2.45, 2.75) is 31.6 Å². The minimum absolute atomic E-state index is 0.0845. The number of hydrogen-bond acceptors (Lipinski definition) is 5. The van der Waals surface area contributed by atoms with E-state index in [1.54, 1.807) is 49.4 Å². The summed E-state index contributed by atoms with van der Waals surface area (Å²) in [5.41, 5.74) is 0.800. The maximum atomic E-state index is 13.8. The van der Waals surface area contributed by atoms with Crippen LogP contribution < -0.4 is 10.6 Å². The van der Waals surface area contributed by atoms with Crippen molar-refractivity contribution in [2.24, 2.45) is 0 Å². The van der Waals surface area contributed by atoms with Crippen LogP contribution in [-0.2, 0) is 4.74 Å². The number of ether oxygens (including phenoxy) is 1. The Labute approximate surface area is 187 Å². The fourth-order valence-electron chi connectivity index (χ4n) is 3.75. The number of halogens is 3. The maximum absolute atomic E-state index is 13.8. The average Bonchev–Trinajstić information content (AvgIpc) is 3.23. The highest BCUT2D eigenvalue weighted by molar-refractivity contribution is 6.07. The predicted octanol–water partition coefficient (Wildman–Crippen LogP) is 4.97. The van der Waals surface area contributed by atoms with Crippen LogP contribution in [0.25, 0.3) is 0 Å². The third-order valence-electron chi connectivity index (χ3n) is 5.30. The Bertz CT molecular complexity index is 1160. The second-order valence-corrected chi connectivity index (χ2v) is 7.48. The number of aromatic nitrogens is 2. The standard InChI is InChI=1S/C23H21F3N4O3/c1-2-33-22(32)15-10-6-7-11-16(15)28-21(31)18-13-20-27-17(14-8-4-3-5-9-14)12-19(23(24,25)26)30(20)29-18/h3-11,13,17,19,27H,2,12H2,1H3,(H,28,31)/t17-,19-/m1/s1. The third kappa shape index (κ3) is 4.69. The van der Waals surface area contributed by atoms with Crippen molar-refractivity contribution in [3.63, 3.8) is 0 Å². The van der Waals surface area contributed by atoms with Gasteiger partial charge in [-0.2, -0.15) is 18.3 Å². The minimum Gasteiger partial charge on any atom is -0.462 e. The third-order valence-corrected chi connectivity index (χ3v) is 5.30. The van der Waals surface area contributed by atoms with E-state index in [4.69, 9.17) is 4.74 Å². The lowest BCUT2D eigenvalue weighted by molar-refractivity contribution is -0.173. The summed E-state index contributed by atoms with van der Waals surface area (Å²) < 4.78 is 47.3. The molecule has 1 aromatic heterocycles. The normalized spacial score (nSPS) is 17.6. The van der Waals surface area contributed by atoms with Crippen LogP contribution in [0.5, 0.6) is 0 Å². The van der Waals surface area contributed by atoms with Gasteiger partial charge < -0.3 is 15.4 Å².